The molecule has 3 N–H and O–H groups in total. The summed E-state index contributed by atoms with van der Waals surface area (Å²) in [6, 6.07) is 5.74. The molecular formula is C12H13F2NO3. The maximum atomic E-state index is 12.3. The summed E-state index contributed by atoms with van der Waals surface area (Å²) in [6.45, 7) is -2.98. The summed E-state index contributed by atoms with van der Waals surface area (Å²) in [7, 11) is 0. The van der Waals surface area contributed by atoms with Crippen LogP contribution in [0.2, 0.25) is 0 Å². The van der Waals surface area contributed by atoms with Gasteiger partial charge in [0.2, 0.25) is 0 Å². The molecule has 0 spiro atoms. The van der Waals surface area contributed by atoms with Crippen LogP contribution in [0.4, 0.5) is 8.78 Å². The zero-order valence-corrected chi connectivity index (χ0v) is 9.48. The summed E-state index contributed by atoms with van der Waals surface area (Å²) in [6.07, 6.45) is 0.456. The number of alkyl halides is 2. The van der Waals surface area contributed by atoms with Crippen molar-refractivity contribution in [3.63, 3.8) is 0 Å². The second-order valence-corrected chi connectivity index (χ2v) is 4.43. The van der Waals surface area contributed by atoms with Crippen LogP contribution in [0.1, 0.15) is 18.4 Å². The van der Waals surface area contributed by atoms with Crippen molar-refractivity contribution >= 4 is 5.97 Å². The maximum Gasteiger partial charge on any atom is 0.387 e. The van der Waals surface area contributed by atoms with Crippen molar-refractivity contribution in [2.45, 2.75) is 30.9 Å². The average Bonchev–Trinajstić information content (AvgIpc) is 2.24. The van der Waals surface area contributed by atoms with E-state index in [1.165, 1.54) is 18.2 Å². The van der Waals surface area contributed by atoms with Gasteiger partial charge in [0.1, 0.15) is 5.75 Å². The number of aliphatic carboxylic acids is 1. The van der Waals surface area contributed by atoms with Crippen LogP contribution in [0.15, 0.2) is 24.3 Å². The van der Waals surface area contributed by atoms with Crippen molar-refractivity contribution in [2.75, 3.05) is 0 Å². The van der Waals surface area contributed by atoms with Crippen molar-refractivity contribution < 1.29 is 23.4 Å². The van der Waals surface area contributed by atoms with Crippen molar-refractivity contribution in [2.24, 2.45) is 5.73 Å². The second kappa shape index (κ2) is 4.53. The van der Waals surface area contributed by atoms with Gasteiger partial charge in [0, 0.05) is 11.6 Å². The van der Waals surface area contributed by atoms with Crippen molar-refractivity contribution in [3.05, 3.63) is 29.8 Å². The first-order valence-corrected chi connectivity index (χ1v) is 5.49. The molecule has 1 aliphatic carbocycles. The Bertz CT molecular complexity index is 458. The summed E-state index contributed by atoms with van der Waals surface area (Å²) >= 11 is 0. The van der Waals surface area contributed by atoms with E-state index in [0.29, 0.717) is 0 Å². The van der Waals surface area contributed by atoms with Crippen molar-refractivity contribution in [1.29, 1.82) is 0 Å². The summed E-state index contributed by atoms with van der Waals surface area (Å²) in [5.74, 6) is -1.16. The van der Waals surface area contributed by atoms with Gasteiger partial charge in [-0.2, -0.15) is 8.78 Å². The van der Waals surface area contributed by atoms with Crippen LogP contribution in [-0.2, 0) is 10.2 Å². The highest BCUT2D eigenvalue weighted by Crippen LogP contribution is 2.46. The fourth-order valence-corrected chi connectivity index (χ4v) is 2.41. The number of carboxylic acids is 1. The van der Waals surface area contributed by atoms with Crippen LogP contribution in [0.3, 0.4) is 0 Å². The molecule has 0 aromatic heterocycles. The number of carboxylic acid groups (broad SMARTS) is 1. The molecule has 1 aromatic rings. The Morgan fingerprint density at radius 3 is 2.56 bits per heavy atom. The van der Waals surface area contributed by atoms with Gasteiger partial charge in [-0.3, -0.25) is 4.79 Å². The Hall–Kier alpha value is -1.69. The number of hydrogen-bond acceptors (Lipinski definition) is 3. The van der Waals surface area contributed by atoms with Crippen molar-refractivity contribution in [3.8, 4) is 5.75 Å². The largest absolute Gasteiger partial charge is 0.481 e. The van der Waals surface area contributed by atoms with Gasteiger partial charge in [-0.05, 0) is 18.9 Å². The summed E-state index contributed by atoms with van der Waals surface area (Å²) < 4.78 is 29.0. The minimum Gasteiger partial charge on any atom is -0.481 e. The van der Waals surface area contributed by atoms with Gasteiger partial charge in [0.15, 0.2) is 0 Å². The Labute approximate surface area is 102 Å². The van der Waals surface area contributed by atoms with Gasteiger partial charge in [-0.1, -0.05) is 18.2 Å². The van der Waals surface area contributed by atoms with E-state index in [2.05, 4.69) is 4.74 Å². The molecule has 0 radical (unpaired) electrons. The fourth-order valence-electron chi connectivity index (χ4n) is 2.41. The number of para-hydroxylation sites is 1. The number of nitrogens with two attached hydrogens (primary N) is 1. The second-order valence-electron chi connectivity index (χ2n) is 4.43. The minimum atomic E-state index is -2.98. The van der Waals surface area contributed by atoms with Crippen LogP contribution in [0, 0.1) is 0 Å². The lowest BCUT2D eigenvalue weighted by Gasteiger charge is -2.43. The standard InChI is InChI=1S/C12H13F2NO3/c13-11(14)18-9-4-2-1-3-8(9)12(10(16)17)5-7(15)6-12/h1-4,7,11H,5-6,15H2,(H,16,17). The Morgan fingerprint density at radius 1 is 1.44 bits per heavy atom. The van der Waals surface area contributed by atoms with Gasteiger partial charge < -0.3 is 15.6 Å². The number of halogens is 2. The molecule has 0 saturated heterocycles. The average molecular weight is 257 g/mol. The van der Waals surface area contributed by atoms with E-state index in [-0.39, 0.29) is 30.2 Å². The molecule has 4 nitrogen and oxygen atoms in total. The highest BCUT2D eigenvalue weighted by Gasteiger charge is 2.52. The Morgan fingerprint density at radius 2 is 2.06 bits per heavy atom. The normalized spacial score (nSPS) is 26.8. The molecule has 0 heterocycles. The van der Waals surface area contributed by atoms with Gasteiger partial charge in [0.25, 0.3) is 0 Å². The van der Waals surface area contributed by atoms with E-state index in [0.717, 1.165) is 0 Å². The molecule has 98 valence electrons. The van der Waals surface area contributed by atoms with Gasteiger partial charge >= 0.3 is 12.6 Å². The molecule has 2 rings (SSSR count). The fraction of sp³-hybridized carbons (Fsp3) is 0.417. The molecule has 0 unspecified atom stereocenters. The molecular weight excluding hydrogens is 244 g/mol. The lowest BCUT2D eigenvalue weighted by atomic mass is 9.61. The number of hydrogen-bond donors (Lipinski definition) is 2. The first kappa shape index (κ1) is 12.8. The van der Waals surface area contributed by atoms with Gasteiger partial charge in [-0.15, -0.1) is 0 Å². The molecule has 1 aromatic carbocycles. The summed E-state index contributed by atoms with van der Waals surface area (Å²) in [5, 5.41) is 9.31. The van der Waals surface area contributed by atoms with E-state index in [1.54, 1.807) is 6.07 Å². The van der Waals surface area contributed by atoms with Crippen LogP contribution < -0.4 is 10.5 Å². The Balaban J connectivity index is 2.40. The topological polar surface area (TPSA) is 72.6 Å². The molecule has 0 bridgehead atoms. The predicted octanol–water partition coefficient (Wildman–Crippen LogP) is 1.73. The maximum absolute atomic E-state index is 12.3. The number of benzene rings is 1. The van der Waals surface area contributed by atoms with E-state index < -0.39 is 18.0 Å². The predicted molar refractivity (Wildman–Crippen MR) is 59.6 cm³/mol. The number of ether oxygens (including phenoxy) is 1. The third-order valence-electron chi connectivity index (χ3n) is 3.25. The third-order valence-corrected chi connectivity index (χ3v) is 3.25. The summed E-state index contributed by atoms with van der Waals surface area (Å²) in [4.78, 5) is 11.4. The minimum absolute atomic E-state index is 0.0956. The molecule has 6 heteroatoms. The SMILES string of the molecule is NC1CC(C(=O)O)(c2ccccc2OC(F)F)C1. The molecule has 1 aliphatic rings. The summed E-state index contributed by atoms with van der Waals surface area (Å²) in [5.41, 5.74) is 4.69. The molecule has 0 amide bonds. The molecule has 0 atom stereocenters. The lowest BCUT2D eigenvalue weighted by molar-refractivity contribution is -0.148. The first-order valence-electron chi connectivity index (χ1n) is 5.49. The Kier molecular flexibility index (Phi) is 3.21. The molecule has 18 heavy (non-hydrogen) atoms. The van der Waals surface area contributed by atoms with Crippen LogP contribution in [-0.4, -0.2) is 23.7 Å². The van der Waals surface area contributed by atoms with E-state index in [4.69, 9.17) is 5.73 Å². The number of rotatable bonds is 4. The zero-order chi connectivity index (χ0) is 13.3. The molecule has 1 saturated carbocycles. The quantitative estimate of drug-likeness (QED) is 0.861. The van der Waals surface area contributed by atoms with Gasteiger partial charge in [0.05, 0.1) is 5.41 Å². The smallest absolute Gasteiger partial charge is 0.387 e. The number of carbonyl (C=O) groups is 1. The lowest BCUT2D eigenvalue weighted by Crippen LogP contribution is -2.54. The van der Waals surface area contributed by atoms with Crippen molar-refractivity contribution in [1.82, 2.24) is 0 Å². The monoisotopic (exact) mass is 257 g/mol. The zero-order valence-electron chi connectivity index (χ0n) is 9.48. The highest BCUT2D eigenvalue weighted by molar-refractivity contribution is 5.84. The third kappa shape index (κ3) is 2.03. The molecule has 1 fully saturated rings. The van der Waals surface area contributed by atoms with Crippen LogP contribution in [0.25, 0.3) is 0 Å². The molecule has 0 aliphatic heterocycles. The van der Waals surface area contributed by atoms with E-state index in [1.807, 2.05) is 0 Å². The first-order chi connectivity index (χ1) is 8.45. The van der Waals surface area contributed by atoms with Gasteiger partial charge in [-0.25, -0.2) is 0 Å². The van der Waals surface area contributed by atoms with E-state index in [9.17, 15) is 18.7 Å². The van der Waals surface area contributed by atoms with E-state index >= 15 is 0 Å². The van der Waals surface area contributed by atoms with Crippen LogP contribution >= 0.6 is 0 Å². The van der Waals surface area contributed by atoms with Crippen LogP contribution in [0.5, 0.6) is 5.75 Å². The highest BCUT2D eigenvalue weighted by atomic mass is 19.3.